The van der Waals surface area contributed by atoms with Gasteiger partial charge >= 0.3 is 6.03 Å². The summed E-state index contributed by atoms with van der Waals surface area (Å²) in [6, 6.07) is -0.279. The number of carbonyl (C=O) groups excluding carboxylic acids is 1. The van der Waals surface area contributed by atoms with Gasteiger partial charge in [0.1, 0.15) is 0 Å². The van der Waals surface area contributed by atoms with Crippen molar-refractivity contribution < 1.29 is 4.79 Å². The van der Waals surface area contributed by atoms with Crippen LogP contribution in [-0.2, 0) is 0 Å². The fourth-order valence-electron chi connectivity index (χ4n) is 1.42. The Hall–Kier alpha value is -1.21. The Bertz CT molecular complexity index is 209. The molecule has 1 heterocycles. The van der Waals surface area contributed by atoms with E-state index in [1.807, 2.05) is 0 Å². The van der Waals surface area contributed by atoms with Gasteiger partial charge in [0.25, 0.3) is 0 Å². The molecule has 1 saturated heterocycles. The van der Waals surface area contributed by atoms with Crippen molar-refractivity contribution in [1.29, 1.82) is 0 Å². The number of hydrogen-bond donors (Lipinski definition) is 2. The largest absolute Gasteiger partial charge is 0.352 e. The van der Waals surface area contributed by atoms with Crippen LogP contribution in [0.25, 0.3) is 0 Å². The van der Waals surface area contributed by atoms with Crippen LogP contribution in [0.3, 0.4) is 0 Å². The molecule has 0 spiro atoms. The lowest BCUT2D eigenvalue weighted by atomic mass is 10.3. The average molecular weight is 167 g/mol. The molecule has 0 radical (unpaired) electrons. The summed E-state index contributed by atoms with van der Waals surface area (Å²) in [7, 11) is 0. The molecule has 0 aromatic carbocycles. The summed E-state index contributed by atoms with van der Waals surface area (Å²) in [4.78, 5) is 12.6. The lowest BCUT2D eigenvalue weighted by molar-refractivity contribution is 0.245. The quantitative estimate of drug-likeness (QED) is 0.537. The molecule has 0 bridgehead atoms. The van der Waals surface area contributed by atoms with E-state index in [0.717, 1.165) is 19.5 Å². The Morgan fingerprint density at radius 1 is 1.83 bits per heavy atom. The predicted molar refractivity (Wildman–Crippen MR) is 46.4 cm³/mol. The Morgan fingerprint density at radius 3 is 3.17 bits per heavy atom. The molecular formula is C8H13N3O. The summed E-state index contributed by atoms with van der Waals surface area (Å²) in [5.41, 5.74) is 4.98. The van der Waals surface area contributed by atoms with Crippen LogP contribution < -0.4 is 11.1 Å². The summed E-state index contributed by atoms with van der Waals surface area (Å²) in [6.07, 6.45) is 6.09. The van der Waals surface area contributed by atoms with Gasteiger partial charge in [0.05, 0.1) is 6.54 Å². The van der Waals surface area contributed by atoms with Crippen molar-refractivity contribution >= 4 is 6.03 Å². The topological polar surface area (TPSA) is 58.4 Å². The maximum atomic E-state index is 10.5. The van der Waals surface area contributed by atoms with Gasteiger partial charge in [-0.25, -0.2) is 4.79 Å². The van der Waals surface area contributed by atoms with E-state index in [4.69, 9.17) is 12.2 Å². The van der Waals surface area contributed by atoms with Crippen LogP contribution in [-0.4, -0.2) is 36.6 Å². The monoisotopic (exact) mass is 167 g/mol. The fourth-order valence-corrected chi connectivity index (χ4v) is 1.42. The Balaban J connectivity index is 2.26. The van der Waals surface area contributed by atoms with Gasteiger partial charge in [0.2, 0.25) is 0 Å². The van der Waals surface area contributed by atoms with Gasteiger partial charge in [-0.15, -0.1) is 6.42 Å². The second kappa shape index (κ2) is 3.98. The molecule has 1 atom stereocenters. The number of nitrogens with zero attached hydrogens (tertiary/aromatic N) is 1. The van der Waals surface area contributed by atoms with E-state index in [9.17, 15) is 4.79 Å². The number of rotatable bonds is 2. The molecule has 1 fully saturated rings. The number of urea groups is 1. The van der Waals surface area contributed by atoms with Gasteiger partial charge < -0.3 is 11.1 Å². The number of amides is 2. The van der Waals surface area contributed by atoms with Crippen LogP contribution >= 0.6 is 0 Å². The van der Waals surface area contributed by atoms with Crippen molar-refractivity contribution in [3.05, 3.63) is 0 Å². The van der Waals surface area contributed by atoms with E-state index in [1.165, 1.54) is 0 Å². The molecule has 0 aromatic rings. The van der Waals surface area contributed by atoms with Gasteiger partial charge in [-0.3, -0.25) is 4.90 Å². The van der Waals surface area contributed by atoms with Gasteiger partial charge in [-0.05, 0) is 6.42 Å². The van der Waals surface area contributed by atoms with Gasteiger partial charge in [-0.2, -0.15) is 0 Å². The molecule has 1 unspecified atom stereocenters. The lowest BCUT2D eigenvalue weighted by Crippen LogP contribution is -2.40. The third-order valence-electron chi connectivity index (χ3n) is 1.93. The lowest BCUT2D eigenvalue weighted by Gasteiger charge is -2.12. The van der Waals surface area contributed by atoms with Gasteiger partial charge in [-0.1, -0.05) is 5.92 Å². The number of nitrogens with one attached hydrogen (secondary N) is 1. The number of carbonyl (C=O) groups is 1. The highest BCUT2D eigenvalue weighted by atomic mass is 16.2. The Morgan fingerprint density at radius 2 is 2.58 bits per heavy atom. The molecule has 1 rings (SSSR count). The van der Waals surface area contributed by atoms with Crippen LogP contribution in [0.4, 0.5) is 4.79 Å². The first-order chi connectivity index (χ1) is 5.72. The molecule has 1 aliphatic heterocycles. The number of terminal acetylenes is 1. The Labute approximate surface area is 72.1 Å². The summed E-state index contributed by atoms with van der Waals surface area (Å²) in [5, 5.41) is 2.66. The van der Waals surface area contributed by atoms with Gasteiger partial charge in [0.15, 0.2) is 0 Å². The van der Waals surface area contributed by atoms with Crippen molar-refractivity contribution in [2.24, 2.45) is 5.73 Å². The molecule has 0 saturated carbocycles. The fraction of sp³-hybridized carbons (Fsp3) is 0.625. The molecular weight excluding hydrogens is 154 g/mol. The van der Waals surface area contributed by atoms with Crippen LogP contribution in [0.2, 0.25) is 0 Å². The second-order valence-electron chi connectivity index (χ2n) is 2.93. The Kier molecular flexibility index (Phi) is 2.94. The molecule has 0 aromatic heterocycles. The van der Waals surface area contributed by atoms with Crippen molar-refractivity contribution in [2.45, 2.75) is 12.5 Å². The number of primary amides is 1. The minimum Gasteiger partial charge on any atom is -0.352 e. The minimum atomic E-state index is -0.456. The first-order valence-electron chi connectivity index (χ1n) is 3.94. The third kappa shape index (κ3) is 2.44. The highest BCUT2D eigenvalue weighted by molar-refractivity contribution is 5.72. The highest BCUT2D eigenvalue weighted by Crippen LogP contribution is 2.07. The predicted octanol–water partition coefficient (Wildman–Crippen LogP) is -0.638. The molecule has 0 aliphatic carbocycles. The zero-order chi connectivity index (χ0) is 8.97. The van der Waals surface area contributed by atoms with Gasteiger partial charge in [0, 0.05) is 19.1 Å². The van der Waals surface area contributed by atoms with Crippen LogP contribution in [0.15, 0.2) is 0 Å². The van der Waals surface area contributed by atoms with Crippen LogP contribution in [0.1, 0.15) is 6.42 Å². The van der Waals surface area contributed by atoms with E-state index in [0.29, 0.717) is 6.54 Å². The molecule has 1 aliphatic rings. The maximum Gasteiger partial charge on any atom is 0.312 e. The zero-order valence-electron chi connectivity index (χ0n) is 6.92. The molecule has 12 heavy (non-hydrogen) atoms. The summed E-state index contributed by atoms with van der Waals surface area (Å²) < 4.78 is 0. The van der Waals surface area contributed by atoms with E-state index in [1.54, 1.807) is 0 Å². The summed E-state index contributed by atoms with van der Waals surface area (Å²) >= 11 is 0. The minimum absolute atomic E-state index is 0.177. The highest BCUT2D eigenvalue weighted by Gasteiger charge is 2.21. The standard InChI is InChI=1S/C8H13N3O/c1-2-4-11-5-3-7(6-11)10-8(9)12/h1,7H,3-6H2,(H3,9,10,12). The maximum absolute atomic E-state index is 10.5. The average Bonchev–Trinajstić information content (AvgIpc) is 2.36. The van der Waals surface area contributed by atoms with Crippen molar-refractivity contribution in [3.63, 3.8) is 0 Å². The van der Waals surface area contributed by atoms with E-state index >= 15 is 0 Å². The molecule has 66 valence electrons. The normalized spacial score (nSPS) is 23.4. The smallest absolute Gasteiger partial charge is 0.312 e. The van der Waals surface area contributed by atoms with E-state index < -0.39 is 6.03 Å². The summed E-state index contributed by atoms with van der Waals surface area (Å²) in [6.45, 7) is 2.40. The molecule has 4 heteroatoms. The zero-order valence-corrected chi connectivity index (χ0v) is 6.92. The summed E-state index contributed by atoms with van der Waals surface area (Å²) in [5.74, 6) is 2.57. The number of hydrogen-bond acceptors (Lipinski definition) is 2. The second-order valence-corrected chi connectivity index (χ2v) is 2.93. The van der Waals surface area contributed by atoms with E-state index in [-0.39, 0.29) is 6.04 Å². The SMILES string of the molecule is C#CCN1CCC(NC(N)=O)C1. The van der Waals surface area contributed by atoms with E-state index in [2.05, 4.69) is 16.1 Å². The third-order valence-corrected chi connectivity index (χ3v) is 1.93. The van der Waals surface area contributed by atoms with Crippen molar-refractivity contribution in [2.75, 3.05) is 19.6 Å². The first-order valence-corrected chi connectivity index (χ1v) is 3.94. The van der Waals surface area contributed by atoms with Crippen molar-refractivity contribution in [1.82, 2.24) is 10.2 Å². The number of nitrogens with two attached hydrogens (primary N) is 1. The molecule has 2 amide bonds. The molecule has 3 N–H and O–H groups in total. The number of likely N-dealkylation sites (tertiary alicyclic amines) is 1. The molecule has 4 nitrogen and oxygen atoms in total. The van der Waals surface area contributed by atoms with Crippen molar-refractivity contribution in [3.8, 4) is 12.3 Å². The van der Waals surface area contributed by atoms with Crippen LogP contribution in [0.5, 0.6) is 0 Å². The van der Waals surface area contributed by atoms with Crippen LogP contribution in [0, 0.1) is 12.3 Å². The first kappa shape index (κ1) is 8.88.